The Morgan fingerprint density at radius 2 is 1.15 bits per heavy atom. The molecule has 0 spiro atoms. The molecule has 0 saturated carbocycles. The van der Waals surface area contributed by atoms with Crippen LogP contribution in [0.15, 0.2) is 11.4 Å². The summed E-state index contributed by atoms with van der Waals surface area (Å²) in [5.41, 5.74) is 2.76. The minimum atomic E-state index is 0.554. The molecule has 0 aromatic rings. The third-order valence-electron chi connectivity index (χ3n) is 2.66. The maximum Gasteiger partial charge on any atom is 0.142 e. The molecule has 1 aliphatic heterocycles. The topological polar surface area (TPSA) is 6.48 Å². The Balaban J connectivity index is 2.81. The molecular formula is C11H21N2. The normalized spacial score (nSPS) is 18.5. The van der Waals surface area contributed by atoms with Crippen LogP contribution in [0.25, 0.3) is 0 Å². The van der Waals surface area contributed by atoms with E-state index < -0.39 is 0 Å². The largest absolute Gasteiger partial charge is 0.348 e. The summed E-state index contributed by atoms with van der Waals surface area (Å²) in [7, 11) is 0. The second-order valence-corrected chi connectivity index (χ2v) is 4.29. The third-order valence-corrected chi connectivity index (χ3v) is 2.66. The third kappa shape index (κ3) is 1.82. The van der Waals surface area contributed by atoms with Crippen LogP contribution >= 0.6 is 0 Å². The average molecular weight is 181 g/mol. The molecule has 0 bridgehead atoms. The Labute approximate surface area is 82.2 Å². The second-order valence-electron chi connectivity index (χ2n) is 4.29. The lowest BCUT2D eigenvalue weighted by molar-refractivity contribution is 0.256. The summed E-state index contributed by atoms with van der Waals surface area (Å²) in [6.07, 6.45) is 0. The Morgan fingerprint density at radius 3 is 1.31 bits per heavy atom. The monoisotopic (exact) mass is 181 g/mol. The van der Waals surface area contributed by atoms with E-state index in [0.29, 0.717) is 12.1 Å². The van der Waals surface area contributed by atoms with E-state index in [4.69, 9.17) is 0 Å². The Morgan fingerprint density at radius 1 is 0.846 bits per heavy atom. The number of hydrogen-bond donors (Lipinski definition) is 0. The highest BCUT2D eigenvalue weighted by atomic mass is 15.4. The molecule has 1 heterocycles. The molecule has 0 amide bonds. The van der Waals surface area contributed by atoms with Gasteiger partial charge in [-0.3, -0.25) is 0 Å². The van der Waals surface area contributed by atoms with Crippen molar-refractivity contribution in [1.82, 2.24) is 9.80 Å². The minimum Gasteiger partial charge on any atom is -0.348 e. The van der Waals surface area contributed by atoms with Crippen molar-refractivity contribution in [1.29, 1.82) is 0 Å². The van der Waals surface area contributed by atoms with Gasteiger partial charge in [-0.25, -0.2) is 0 Å². The van der Waals surface area contributed by atoms with Gasteiger partial charge < -0.3 is 9.80 Å². The van der Waals surface area contributed by atoms with Crippen LogP contribution in [0.5, 0.6) is 0 Å². The van der Waals surface area contributed by atoms with E-state index in [2.05, 4.69) is 58.0 Å². The first kappa shape index (κ1) is 10.4. The van der Waals surface area contributed by atoms with E-state index >= 15 is 0 Å². The van der Waals surface area contributed by atoms with Gasteiger partial charge in [-0.15, -0.1) is 0 Å². The minimum absolute atomic E-state index is 0.554. The van der Waals surface area contributed by atoms with Crippen molar-refractivity contribution >= 4 is 0 Å². The molecule has 0 unspecified atom stereocenters. The van der Waals surface area contributed by atoms with Crippen LogP contribution in [0, 0.1) is 6.67 Å². The van der Waals surface area contributed by atoms with E-state index in [0.717, 1.165) is 0 Å². The summed E-state index contributed by atoms with van der Waals surface area (Å²) < 4.78 is 0. The molecule has 75 valence electrons. The van der Waals surface area contributed by atoms with Crippen molar-refractivity contribution in [2.45, 2.75) is 53.6 Å². The first-order valence-electron chi connectivity index (χ1n) is 5.04. The van der Waals surface area contributed by atoms with Crippen molar-refractivity contribution in [3.8, 4) is 0 Å². The zero-order valence-electron chi connectivity index (χ0n) is 9.63. The average Bonchev–Trinajstić information content (AvgIpc) is 2.29. The molecule has 2 nitrogen and oxygen atoms in total. The van der Waals surface area contributed by atoms with Gasteiger partial charge in [0.2, 0.25) is 0 Å². The Kier molecular flexibility index (Phi) is 2.89. The molecular weight excluding hydrogens is 160 g/mol. The lowest BCUT2D eigenvalue weighted by atomic mass is 10.3. The Hall–Kier alpha value is -0.660. The van der Waals surface area contributed by atoms with E-state index in [-0.39, 0.29) is 0 Å². The fourth-order valence-corrected chi connectivity index (χ4v) is 1.72. The van der Waals surface area contributed by atoms with Crippen molar-refractivity contribution in [3.63, 3.8) is 0 Å². The second kappa shape index (κ2) is 3.60. The van der Waals surface area contributed by atoms with Crippen molar-refractivity contribution in [2.24, 2.45) is 0 Å². The first-order valence-corrected chi connectivity index (χ1v) is 5.04. The highest BCUT2D eigenvalue weighted by Gasteiger charge is 2.26. The molecule has 1 aliphatic rings. The van der Waals surface area contributed by atoms with E-state index in [9.17, 15) is 0 Å². The smallest absolute Gasteiger partial charge is 0.142 e. The number of rotatable bonds is 2. The standard InChI is InChI=1S/C11H21N2/c1-8(2)12-7-13(9(3)4)11(6)10(12)5/h7-9H,1-6H3. The molecule has 2 heteroatoms. The first-order chi connectivity index (χ1) is 5.95. The van der Waals surface area contributed by atoms with Crippen LogP contribution in [-0.2, 0) is 0 Å². The van der Waals surface area contributed by atoms with Gasteiger partial charge >= 0.3 is 0 Å². The molecule has 0 aromatic carbocycles. The zero-order valence-corrected chi connectivity index (χ0v) is 9.63. The predicted molar refractivity (Wildman–Crippen MR) is 56.6 cm³/mol. The van der Waals surface area contributed by atoms with Crippen LogP contribution in [0.3, 0.4) is 0 Å². The summed E-state index contributed by atoms with van der Waals surface area (Å²) in [6.45, 7) is 15.5. The zero-order chi connectivity index (χ0) is 10.2. The summed E-state index contributed by atoms with van der Waals surface area (Å²) in [4.78, 5) is 4.66. The van der Waals surface area contributed by atoms with E-state index in [1.165, 1.54) is 11.4 Å². The van der Waals surface area contributed by atoms with Crippen molar-refractivity contribution < 1.29 is 0 Å². The van der Waals surface area contributed by atoms with Gasteiger partial charge in [0.15, 0.2) is 0 Å². The van der Waals surface area contributed by atoms with Gasteiger partial charge in [0, 0.05) is 23.5 Å². The van der Waals surface area contributed by atoms with Crippen LogP contribution in [0.4, 0.5) is 0 Å². The summed E-state index contributed by atoms with van der Waals surface area (Å²) in [6, 6.07) is 1.11. The molecule has 0 saturated heterocycles. The highest BCUT2D eigenvalue weighted by Crippen LogP contribution is 2.29. The highest BCUT2D eigenvalue weighted by molar-refractivity contribution is 5.18. The molecule has 0 N–H and O–H groups in total. The quantitative estimate of drug-likeness (QED) is 0.646. The summed E-state index contributed by atoms with van der Waals surface area (Å²) in [5, 5.41) is 0. The molecule has 1 radical (unpaired) electrons. The Bertz CT molecular complexity index is 194. The number of hydrogen-bond acceptors (Lipinski definition) is 2. The molecule has 0 aliphatic carbocycles. The molecule has 0 aromatic heterocycles. The van der Waals surface area contributed by atoms with E-state index in [1.54, 1.807) is 0 Å². The molecule has 0 atom stereocenters. The fourth-order valence-electron chi connectivity index (χ4n) is 1.72. The lowest BCUT2D eigenvalue weighted by Crippen LogP contribution is -2.30. The van der Waals surface area contributed by atoms with Gasteiger partial charge in [0.25, 0.3) is 0 Å². The number of allylic oxidation sites excluding steroid dienone is 2. The molecule has 0 fully saturated rings. The van der Waals surface area contributed by atoms with Gasteiger partial charge in [0.1, 0.15) is 6.67 Å². The van der Waals surface area contributed by atoms with Gasteiger partial charge in [-0.05, 0) is 41.5 Å². The fraction of sp³-hybridized carbons (Fsp3) is 0.727. The lowest BCUT2D eigenvalue weighted by Gasteiger charge is -2.27. The predicted octanol–water partition coefficient (Wildman–Crippen LogP) is 2.79. The van der Waals surface area contributed by atoms with Crippen molar-refractivity contribution in [3.05, 3.63) is 18.1 Å². The maximum absolute atomic E-state index is 2.33. The van der Waals surface area contributed by atoms with Gasteiger partial charge in [-0.1, -0.05) is 0 Å². The number of nitrogens with zero attached hydrogens (tertiary/aromatic N) is 2. The summed E-state index contributed by atoms with van der Waals surface area (Å²) in [5.74, 6) is 0. The van der Waals surface area contributed by atoms with Crippen molar-refractivity contribution in [2.75, 3.05) is 0 Å². The van der Waals surface area contributed by atoms with Crippen LogP contribution in [0.2, 0.25) is 0 Å². The molecule has 13 heavy (non-hydrogen) atoms. The van der Waals surface area contributed by atoms with Crippen LogP contribution in [-0.4, -0.2) is 21.9 Å². The van der Waals surface area contributed by atoms with Gasteiger partial charge in [-0.2, -0.15) is 0 Å². The van der Waals surface area contributed by atoms with Crippen LogP contribution < -0.4 is 0 Å². The van der Waals surface area contributed by atoms with Gasteiger partial charge in [0.05, 0.1) is 0 Å². The van der Waals surface area contributed by atoms with Crippen LogP contribution in [0.1, 0.15) is 41.5 Å². The van der Waals surface area contributed by atoms with E-state index in [1.807, 2.05) is 0 Å². The maximum atomic E-state index is 2.33. The summed E-state index contributed by atoms with van der Waals surface area (Å²) >= 11 is 0. The SMILES string of the molecule is CC1=C(C)N(C(C)C)[CH]N1C(C)C. The molecule has 1 rings (SSSR count).